The van der Waals surface area contributed by atoms with Gasteiger partial charge in [-0.3, -0.25) is 4.79 Å². The predicted molar refractivity (Wildman–Crippen MR) is 179 cm³/mol. The zero-order valence-corrected chi connectivity index (χ0v) is 30.8. The average molecular weight is 689 g/mol. The van der Waals surface area contributed by atoms with Crippen LogP contribution in [0.25, 0.3) is 0 Å². The Labute approximate surface area is 291 Å². The van der Waals surface area contributed by atoms with E-state index < -0.39 is 36.0 Å². The van der Waals surface area contributed by atoms with Crippen molar-refractivity contribution in [1.82, 2.24) is 0 Å². The van der Waals surface area contributed by atoms with Gasteiger partial charge in [0.25, 0.3) is 0 Å². The number of hydrogen-bond acceptors (Lipinski definition) is 10. The van der Waals surface area contributed by atoms with Crippen LogP contribution in [0.3, 0.4) is 0 Å². The van der Waals surface area contributed by atoms with Crippen molar-refractivity contribution in [2.24, 2.45) is 50.7 Å². The fourth-order valence-electron chi connectivity index (χ4n) is 13.6. The molecule has 0 aromatic carbocycles. The normalized spacial score (nSPS) is 52.6. The van der Waals surface area contributed by atoms with E-state index in [0.29, 0.717) is 24.4 Å². The third kappa shape index (κ3) is 5.15. The third-order valence-electron chi connectivity index (χ3n) is 15.5. The molecule has 10 nitrogen and oxygen atoms in total. The summed E-state index contributed by atoms with van der Waals surface area (Å²) in [6, 6.07) is 0. The van der Waals surface area contributed by atoms with E-state index in [1.807, 2.05) is 6.92 Å². The maximum absolute atomic E-state index is 12.8. The van der Waals surface area contributed by atoms with E-state index in [1.165, 1.54) is 25.8 Å². The van der Waals surface area contributed by atoms with E-state index in [9.17, 15) is 19.8 Å². The van der Waals surface area contributed by atoms with Gasteiger partial charge in [0.15, 0.2) is 18.7 Å². The Hall–Kier alpha value is -1.56. The molecule has 49 heavy (non-hydrogen) atoms. The number of aliphatic hydroxyl groups excluding tert-OH is 2. The molecule has 2 N–H and O–H groups in total. The number of carbonyl (C=O) groups is 2. The molecule has 0 aromatic heterocycles. The monoisotopic (exact) mass is 688 g/mol. The molecule has 0 bridgehead atoms. The molecule has 0 amide bonds. The van der Waals surface area contributed by atoms with Gasteiger partial charge >= 0.3 is 11.9 Å². The summed E-state index contributed by atoms with van der Waals surface area (Å²) in [4.78, 5) is 24.8. The van der Waals surface area contributed by atoms with Gasteiger partial charge < -0.3 is 38.6 Å². The summed E-state index contributed by atoms with van der Waals surface area (Å²) >= 11 is 0. The lowest BCUT2D eigenvalue weighted by molar-refractivity contribution is -0.307. The molecule has 2 saturated heterocycles. The van der Waals surface area contributed by atoms with Crippen molar-refractivity contribution < 1.29 is 48.2 Å². The minimum Gasteiger partial charge on any atom is -0.462 e. The van der Waals surface area contributed by atoms with Gasteiger partial charge in [0.1, 0.15) is 18.3 Å². The molecule has 7 aliphatic rings. The highest BCUT2D eigenvalue weighted by Gasteiger charge is 2.85. The fraction of sp³-hybridized carbons (Fsp3) is 0.897. The van der Waals surface area contributed by atoms with Gasteiger partial charge in [-0.05, 0) is 104 Å². The highest BCUT2D eigenvalue weighted by atomic mass is 16.7. The lowest BCUT2D eigenvalue weighted by Crippen LogP contribution is -2.63. The summed E-state index contributed by atoms with van der Waals surface area (Å²) in [5, 5.41) is 21.9. The van der Waals surface area contributed by atoms with Crippen LogP contribution in [0.15, 0.2) is 12.2 Å². The summed E-state index contributed by atoms with van der Waals surface area (Å²) in [5.41, 5.74) is -0.0176. The van der Waals surface area contributed by atoms with Crippen molar-refractivity contribution in [1.29, 1.82) is 0 Å². The van der Waals surface area contributed by atoms with E-state index in [2.05, 4.69) is 34.6 Å². The molecule has 2 spiro atoms. The molecule has 0 aromatic rings. The molecule has 0 unspecified atom stereocenters. The molecule has 10 heteroatoms. The first kappa shape index (κ1) is 35.8. The van der Waals surface area contributed by atoms with E-state index in [-0.39, 0.29) is 64.8 Å². The molecular weight excluding hydrogens is 628 g/mol. The first-order valence-electron chi connectivity index (χ1n) is 19.0. The van der Waals surface area contributed by atoms with Gasteiger partial charge in [-0.15, -0.1) is 0 Å². The Bertz CT molecular complexity index is 1330. The van der Waals surface area contributed by atoms with Crippen molar-refractivity contribution in [3.63, 3.8) is 0 Å². The number of rotatable bonds is 7. The van der Waals surface area contributed by atoms with Gasteiger partial charge in [0, 0.05) is 31.9 Å². The van der Waals surface area contributed by atoms with Crippen LogP contribution in [-0.4, -0.2) is 84.6 Å². The number of ether oxygens (including phenoxy) is 6. The lowest BCUT2D eigenvalue weighted by atomic mass is 9.41. The number of aliphatic hydroxyl groups is 2. The predicted octanol–water partition coefficient (Wildman–Crippen LogP) is 5.32. The highest BCUT2D eigenvalue weighted by molar-refractivity contribution is 5.82. The van der Waals surface area contributed by atoms with Crippen LogP contribution >= 0.6 is 0 Å². The maximum Gasteiger partial charge on any atom is 0.330 e. The van der Waals surface area contributed by atoms with Gasteiger partial charge in [0.05, 0.1) is 18.8 Å². The van der Waals surface area contributed by atoms with E-state index in [0.717, 1.165) is 38.5 Å². The number of carbonyl (C=O) groups excluding carboxylic acids is 2. The zero-order valence-electron chi connectivity index (χ0n) is 30.8. The molecule has 276 valence electrons. The third-order valence-corrected chi connectivity index (χ3v) is 15.5. The molecular formula is C39H60O10. The number of esters is 2. The van der Waals surface area contributed by atoms with Crippen molar-refractivity contribution in [3.05, 3.63) is 12.2 Å². The first-order valence-corrected chi connectivity index (χ1v) is 19.0. The van der Waals surface area contributed by atoms with Crippen LogP contribution in [0.2, 0.25) is 0 Å². The summed E-state index contributed by atoms with van der Waals surface area (Å²) in [6.45, 7) is 17.8. The van der Waals surface area contributed by atoms with Crippen molar-refractivity contribution in [2.45, 2.75) is 156 Å². The van der Waals surface area contributed by atoms with E-state index in [4.69, 9.17) is 28.4 Å². The molecule has 0 radical (unpaired) electrons. The van der Waals surface area contributed by atoms with Crippen LogP contribution in [0.4, 0.5) is 0 Å². The Morgan fingerprint density at radius 3 is 2.41 bits per heavy atom. The fourth-order valence-corrected chi connectivity index (χ4v) is 13.6. The first-order chi connectivity index (χ1) is 23.1. The van der Waals surface area contributed by atoms with E-state index >= 15 is 0 Å². The molecule has 5 aliphatic carbocycles. The zero-order chi connectivity index (χ0) is 35.3. The Morgan fingerprint density at radius 1 is 0.959 bits per heavy atom. The second-order valence-electron chi connectivity index (χ2n) is 17.9. The van der Waals surface area contributed by atoms with Crippen LogP contribution in [0.5, 0.6) is 0 Å². The largest absolute Gasteiger partial charge is 0.462 e. The van der Waals surface area contributed by atoms with Crippen LogP contribution in [0.1, 0.15) is 107 Å². The maximum atomic E-state index is 12.8. The SMILES string of the molecule is C/C=C/C(=O)O[C@@H]1CO[C@@H](O[C@H]2CC[C@]34C[C@]35CC[C@]3(C)[C@H]6[C@H](C)C[C@H](OCC)O[C@H]6C[C@@]3(C)[C@@H]5C[C@H](OC(C)=O)[C@H]4C2(C)C)[C@H](O)[C@H]1O. The molecule has 5 saturated carbocycles. The molecule has 16 atom stereocenters. The van der Waals surface area contributed by atoms with Crippen LogP contribution < -0.4 is 0 Å². The second kappa shape index (κ2) is 12.3. The van der Waals surface area contributed by atoms with Gasteiger partial charge in [0.2, 0.25) is 0 Å². The second-order valence-corrected chi connectivity index (χ2v) is 17.9. The Morgan fingerprint density at radius 2 is 1.71 bits per heavy atom. The lowest BCUT2D eigenvalue weighted by Gasteiger charge is -2.64. The molecule has 7 rings (SSSR count). The van der Waals surface area contributed by atoms with Crippen molar-refractivity contribution in [2.75, 3.05) is 13.2 Å². The number of hydrogen-bond donors (Lipinski definition) is 2. The Balaban J connectivity index is 1.14. The van der Waals surface area contributed by atoms with Crippen LogP contribution in [-0.2, 0) is 38.0 Å². The summed E-state index contributed by atoms with van der Waals surface area (Å²) in [6.07, 6.45) is 5.54. The Kier molecular flexibility index (Phi) is 8.96. The highest BCUT2D eigenvalue weighted by Crippen LogP contribution is 2.89. The van der Waals surface area contributed by atoms with E-state index in [1.54, 1.807) is 13.0 Å². The smallest absolute Gasteiger partial charge is 0.330 e. The quantitative estimate of drug-likeness (QED) is 0.206. The van der Waals surface area contributed by atoms with Crippen LogP contribution in [0, 0.1) is 50.7 Å². The average Bonchev–Trinajstić information content (AvgIpc) is 3.60. The number of allylic oxidation sites excluding steroid dienone is 1. The summed E-state index contributed by atoms with van der Waals surface area (Å²) in [7, 11) is 0. The topological polar surface area (TPSA) is 130 Å². The molecule has 2 heterocycles. The summed E-state index contributed by atoms with van der Waals surface area (Å²) < 4.78 is 36.9. The minimum absolute atomic E-state index is 0.0372. The standard InChI is InChI=1S/C39H60O10/c1-9-11-28(41)47-25-19-45-34(32(43)31(25)42)49-27-12-13-39-20-38(39)15-14-36(7)30-21(3)16-29(44-10-2)48-24(30)18-37(36,8)26(38)17-23(46-22(4)40)33(39)35(27,5)6/h9,11,21,23-27,29-34,42-43H,10,12-20H2,1-8H3/b11-9+/t21-,23+,24+,25-,26+,27+,29-,30+,31+,32-,33+,34+,36-,37+,38+,39-/m1/s1. The van der Waals surface area contributed by atoms with Gasteiger partial charge in [-0.2, -0.15) is 0 Å². The number of fused-ring (bicyclic) bond motifs is 4. The van der Waals surface area contributed by atoms with Crippen molar-refractivity contribution in [3.8, 4) is 0 Å². The molecule has 2 aliphatic heterocycles. The molecule has 7 fully saturated rings. The van der Waals surface area contributed by atoms with Gasteiger partial charge in [-0.1, -0.05) is 40.7 Å². The summed E-state index contributed by atoms with van der Waals surface area (Å²) in [5.74, 6) is 0.641. The van der Waals surface area contributed by atoms with Gasteiger partial charge in [-0.25, -0.2) is 4.79 Å². The minimum atomic E-state index is -1.38. The van der Waals surface area contributed by atoms with Crippen molar-refractivity contribution >= 4 is 11.9 Å².